The van der Waals surface area contributed by atoms with Crippen LogP contribution in [0.25, 0.3) is 0 Å². The zero-order chi connectivity index (χ0) is 12.5. The molecule has 1 saturated carbocycles. The van der Waals surface area contributed by atoms with Crippen LogP contribution in [0.5, 0.6) is 5.75 Å². The van der Waals surface area contributed by atoms with Gasteiger partial charge in [0.1, 0.15) is 5.75 Å². The molecule has 0 bridgehead atoms. The van der Waals surface area contributed by atoms with Gasteiger partial charge in [0.25, 0.3) is 0 Å². The Morgan fingerprint density at radius 3 is 2.41 bits per heavy atom. The Balaban J connectivity index is 2.02. The van der Waals surface area contributed by atoms with Crippen molar-refractivity contribution in [3.05, 3.63) is 29.5 Å². The van der Waals surface area contributed by atoms with Crippen molar-refractivity contribution in [2.45, 2.75) is 18.9 Å². The van der Waals surface area contributed by atoms with Crippen LogP contribution in [0.15, 0.2) is 24.3 Å². The van der Waals surface area contributed by atoms with E-state index in [-0.39, 0.29) is 17.5 Å². The highest BCUT2D eigenvalue weighted by molar-refractivity contribution is 7.85. The Morgan fingerprint density at radius 2 is 1.94 bits per heavy atom. The summed E-state index contributed by atoms with van der Waals surface area (Å²) in [6, 6.07) is 5.14. The number of nitrogens with one attached hydrogen (secondary N) is 2. The second-order valence-electron chi connectivity index (χ2n) is 3.76. The molecule has 7 nitrogen and oxygen atoms in total. The van der Waals surface area contributed by atoms with Gasteiger partial charge in [0, 0.05) is 18.2 Å². The number of hydrogen-bond acceptors (Lipinski definition) is 5. The van der Waals surface area contributed by atoms with E-state index in [1.165, 1.54) is 24.3 Å². The van der Waals surface area contributed by atoms with Crippen LogP contribution in [0.4, 0.5) is 5.69 Å². The van der Waals surface area contributed by atoms with Gasteiger partial charge in [-0.1, -0.05) is 0 Å². The Morgan fingerprint density at radius 1 is 1.35 bits per heavy atom. The summed E-state index contributed by atoms with van der Waals surface area (Å²) >= 11 is 0. The summed E-state index contributed by atoms with van der Waals surface area (Å²) in [6.07, 6.45) is 1.64. The van der Waals surface area contributed by atoms with Gasteiger partial charge >= 0.3 is 10.3 Å². The average molecular weight is 260 g/mol. The third-order valence-electron chi connectivity index (χ3n) is 2.20. The lowest BCUT2D eigenvalue weighted by molar-refractivity contribution is -0.991. The van der Waals surface area contributed by atoms with Gasteiger partial charge < -0.3 is 9.39 Å². The van der Waals surface area contributed by atoms with E-state index in [9.17, 15) is 13.6 Å². The summed E-state index contributed by atoms with van der Waals surface area (Å²) < 4.78 is 29.9. The second-order valence-corrected chi connectivity index (χ2v) is 5.07. The van der Waals surface area contributed by atoms with Crippen molar-refractivity contribution in [2.24, 2.45) is 0 Å². The Labute approximate surface area is 98.4 Å². The molecule has 8 heteroatoms. The first-order chi connectivity index (χ1) is 7.96. The van der Waals surface area contributed by atoms with Crippen LogP contribution in [0, 0.1) is 5.21 Å². The number of rotatable bonds is 5. The molecule has 1 aromatic rings. The minimum Gasteiger partial charge on any atom is -0.595 e. The smallest absolute Gasteiger partial charge is 0.382 e. The van der Waals surface area contributed by atoms with E-state index >= 15 is 0 Å². The summed E-state index contributed by atoms with van der Waals surface area (Å²) in [4.78, 5) is 0. The Kier molecular flexibility index (Phi) is 3.31. The van der Waals surface area contributed by atoms with E-state index < -0.39 is 15.5 Å². The Hall–Kier alpha value is -1.19. The summed E-state index contributed by atoms with van der Waals surface area (Å²) in [5.74, 6) is 0.0863. The van der Waals surface area contributed by atoms with E-state index in [2.05, 4.69) is 4.72 Å². The van der Waals surface area contributed by atoms with Crippen LogP contribution in [-0.2, 0) is 10.3 Å². The van der Waals surface area contributed by atoms with Gasteiger partial charge in [0.15, 0.2) is 5.69 Å². The van der Waals surface area contributed by atoms with Crippen molar-refractivity contribution < 1.29 is 23.0 Å². The van der Waals surface area contributed by atoms with Crippen molar-refractivity contribution in [3.63, 3.8) is 0 Å². The highest BCUT2D eigenvalue weighted by Crippen LogP contribution is 2.21. The van der Waals surface area contributed by atoms with E-state index in [1.54, 1.807) is 0 Å². The van der Waals surface area contributed by atoms with E-state index in [1.807, 2.05) is 0 Å². The SMILES string of the molecule is O=S(=O)(NC1CC1)Oc1ccc([NH+]([O-])O)cc1. The predicted octanol–water partition coefficient (Wildman–Crippen LogP) is -0.534. The lowest BCUT2D eigenvalue weighted by atomic mass is 10.3. The fraction of sp³-hybridized carbons (Fsp3) is 0.333. The van der Waals surface area contributed by atoms with Gasteiger partial charge in [0.2, 0.25) is 0 Å². The highest BCUT2D eigenvalue weighted by atomic mass is 32.2. The lowest BCUT2D eigenvalue weighted by Crippen LogP contribution is -2.99. The lowest BCUT2D eigenvalue weighted by Gasteiger charge is -2.12. The van der Waals surface area contributed by atoms with Crippen LogP contribution < -0.4 is 14.1 Å². The standard InChI is InChI=1S/C9H12N2O5S/c12-11(13)8-3-5-9(6-4-8)16-17(14,15)10-7-1-2-7/h3-7,10-12H,1-2H2. The van der Waals surface area contributed by atoms with Crippen molar-refractivity contribution in [3.8, 4) is 5.75 Å². The fourth-order valence-corrected chi connectivity index (χ4v) is 2.27. The molecule has 1 atom stereocenters. The van der Waals surface area contributed by atoms with Crippen LogP contribution in [0.3, 0.4) is 0 Å². The molecule has 0 heterocycles. The zero-order valence-electron chi connectivity index (χ0n) is 8.79. The molecule has 1 aromatic carbocycles. The summed E-state index contributed by atoms with van der Waals surface area (Å²) in [6.45, 7) is 0. The largest absolute Gasteiger partial charge is 0.595 e. The Bertz CT molecular complexity index is 481. The van der Waals surface area contributed by atoms with Gasteiger partial charge in [-0.2, -0.15) is 18.4 Å². The molecule has 1 unspecified atom stereocenters. The maximum Gasteiger partial charge on any atom is 0.382 e. The predicted molar refractivity (Wildman–Crippen MR) is 57.9 cm³/mol. The molecule has 1 aliphatic carbocycles. The summed E-state index contributed by atoms with van der Waals surface area (Å²) in [5, 5.41) is 18.2. The van der Waals surface area contributed by atoms with Crippen LogP contribution in [-0.4, -0.2) is 19.7 Å². The first-order valence-corrected chi connectivity index (χ1v) is 6.42. The van der Waals surface area contributed by atoms with Crippen molar-refractivity contribution >= 4 is 16.0 Å². The zero-order valence-corrected chi connectivity index (χ0v) is 9.61. The van der Waals surface area contributed by atoms with E-state index in [0.717, 1.165) is 12.8 Å². The van der Waals surface area contributed by atoms with Crippen LogP contribution in [0.2, 0.25) is 0 Å². The molecule has 0 aromatic heterocycles. The maximum atomic E-state index is 11.4. The number of benzene rings is 1. The third-order valence-corrected chi connectivity index (χ3v) is 3.23. The maximum absolute atomic E-state index is 11.4. The molecule has 0 spiro atoms. The molecular formula is C9H12N2O5S. The van der Waals surface area contributed by atoms with Gasteiger partial charge in [0.05, 0.1) is 0 Å². The summed E-state index contributed by atoms with van der Waals surface area (Å²) in [7, 11) is -3.80. The van der Waals surface area contributed by atoms with Crippen LogP contribution in [0.1, 0.15) is 12.8 Å². The third kappa shape index (κ3) is 3.65. The molecule has 0 saturated heterocycles. The van der Waals surface area contributed by atoms with Crippen LogP contribution >= 0.6 is 0 Å². The van der Waals surface area contributed by atoms with Crippen molar-refractivity contribution in [1.82, 2.24) is 4.72 Å². The highest BCUT2D eigenvalue weighted by Gasteiger charge is 2.28. The molecule has 3 N–H and O–H groups in total. The molecule has 0 amide bonds. The topological polar surface area (TPSA) is 103 Å². The number of hydrogen-bond donors (Lipinski definition) is 3. The normalized spacial score (nSPS) is 17.8. The molecule has 2 rings (SSSR count). The first kappa shape index (κ1) is 12.3. The van der Waals surface area contributed by atoms with Gasteiger partial charge in [-0.05, 0) is 25.0 Å². The van der Waals surface area contributed by atoms with Gasteiger partial charge in [-0.3, -0.25) is 0 Å². The fourth-order valence-electron chi connectivity index (χ4n) is 1.21. The van der Waals surface area contributed by atoms with Crippen molar-refractivity contribution in [2.75, 3.05) is 0 Å². The molecule has 1 aliphatic rings. The van der Waals surface area contributed by atoms with Crippen molar-refractivity contribution in [1.29, 1.82) is 0 Å². The molecule has 1 fully saturated rings. The van der Waals surface area contributed by atoms with Gasteiger partial charge in [-0.25, -0.2) is 5.21 Å². The van der Waals surface area contributed by atoms with Gasteiger partial charge in [-0.15, -0.1) is 0 Å². The molecule has 94 valence electrons. The van der Waals surface area contributed by atoms with E-state index in [0.29, 0.717) is 0 Å². The summed E-state index contributed by atoms with van der Waals surface area (Å²) in [5.41, 5.74) is 0.0740. The second kappa shape index (κ2) is 4.59. The quantitative estimate of drug-likeness (QED) is 0.617. The molecule has 0 radical (unpaired) electrons. The number of quaternary nitrogens is 1. The monoisotopic (exact) mass is 260 g/mol. The molecular weight excluding hydrogens is 248 g/mol. The molecule has 17 heavy (non-hydrogen) atoms. The average Bonchev–Trinajstić information content (AvgIpc) is 3.00. The molecule has 0 aliphatic heterocycles. The minimum atomic E-state index is -3.80. The first-order valence-electron chi connectivity index (χ1n) is 5.01. The minimum absolute atomic E-state index is 0.0294. The van der Waals surface area contributed by atoms with E-state index in [4.69, 9.17) is 9.39 Å².